The van der Waals surface area contributed by atoms with E-state index in [0.717, 1.165) is 18.0 Å². The van der Waals surface area contributed by atoms with E-state index < -0.39 is 0 Å². The molecule has 0 fully saturated rings. The lowest BCUT2D eigenvalue weighted by Gasteiger charge is -2.30. The zero-order valence-electron chi connectivity index (χ0n) is 12.0. The van der Waals surface area contributed by atoms with Crippen molar-refractivity contribution >= 4 is 17.3 Å². The third-order valence-corrected chi connectivity index (χ3v) is 3.70. The molecule has 0 aliphatic carbocycles. The fraction of sp³-hybridized carbons (Fsp3) is 0.200. The summed E-state index contributed by atoms with van der Waals surface area (Å²) in [7, 11) is 0. The molecule has 1 aliphatic heterocycles. The van der Waals surface area contributed by atoms with Gasteiger partial charge < -0.3 is 14.2 Å². The van der Waals surface area contributed by atoms with E-state index in [-0.39, 0.29) is 0 Å². The Kier molecular flexibility index (Phi) is 3.55. The van der Waals surface area contributed by atoms with Crippen LogP contribution in [0.4, 0.5) is 5.69 Å². The predicted octanol–water partition coefficient (Wildman–Crippen LogP) is 2.58. The molecule has 7 nitrogen and oxygen atoms in total. The number of fused-ring (bicyclic) bond motifs is 1. The summed E-state index contributed by atoms with van der Waals surface area (Å²) in [4.78, 5) is 14.6. The van der Waals surface area contributed by atoms with Crippen LogP contribution < -0.4 is 9.64 Å². The zero-order chi connectivity index (χ0) is 15.6. The van der Waals surface area contributed by atoms with E-state index in [0.29, 0.717) is 35.6 Å². The van der Waals surface area contributed by atoms with Crippen LogP contribution in [-0.2, 0) is 6.54 Å². The summed E-state index contributed by atoms with van der Waals surface area (Å²) in [5.74, 6) is 1.72. The molecule has 23 heavy (non-hydrogen) atoms. The molecule has 0 N–H and O–H groups in total. The molecule has 1 aromatic carbocycles. The first-order chi connectivity index (χ1) is 11.3. The molecule has 2 aromatic heterocycles. The number of hydrogen-bond donors (Lipinski definition) is 0. The topological polar surface area (TPSA) is 77.2 Å². The maximum atomic E-state index is 6.08. The normalized spacial score (nSPS) is 13.5. The summed E-state index contributed by atoms with van der Waals surface area (Å²) >= 11 is 6.08. The molecule has 8 heteroatoms. The van der Waals surface area contributed by atoms with Crippen LogP contribution in [0.5, 0.6) is 5.75 Å². The molecule has 1 aliphatic rings. The minimum atomic E-state index is 0.424. The molecule has 3 heterocycles. The Morgan fingerprint density at radius 2 is 2.22 bits per heavy atom. The van der Waals surface area contributed by atoms with Gasteiger partial charge in [-0.05, 0) is 18.2 Å². The molecular weight excluding hydrogens is 318 g/mol. The van der Waals surface area contributed by atoms with Crippen LogP contribution in [0, 0.1) is 0 Å². The molecular formula is C15H12ClN5O2. The van der Waals surface area contributed by atoms with E-state index in [1.165, 1.54) is 0 Å². The van der Waals surface area contributed by atoms with Crippen molar-refractivity contribution in [2.24, 2.45) is 0 Å². The minimum absolute atomic E-state index is 0.424. The second kappa shape index (κ2) is 5.85. The highest BCUT2D eigenvalue weighted by Crippen LogP contribution is 2.34. The van der Waals surface area contributed by atoms with Gasteiger partial charge in [0.15, 0.2) is 0 Å². The average molecular weight is 330 g/mol. The van der Waals surface area contributed by atoms with Gasteiger partial charge in [-0.1, -0.05) is 16.8 Å². The number of rotatable bonds is 3. The van der Waals surface area contributed by atoms with Crippen molar-refractivity contribution < 1.29 is 9.26 Å². The molecule has 0 radical (unpaired) electrons. The summed E-state index contributed by atoms with van der Waals surface area (Å²) in [5, 5.41) is 4.61. The number of hydrogen-bond acceptors (Lipinski definition) is 7. The Bertz CT molecular complexity index is 824. The van der Waals surface area contributed by atoms with Gasteiger partial charge in [0.2, 0.25) is 11.7 Å². The van der Waals surface area contributed by atoms with Crippen LogP contribution in [-0.4, -0.2) is 33.3 Å². The summed E-state index contributed by atoms with van der Waals surface area (Å²) in [5.41, 5.74) is 1.50. The summed E-state index contributed by atoms with van der Waals surface area (Å²) < 4.78 is 11.0. The van der Waals surface area contributed by atoms with Gasteiger partial charge in [-0.2, -0.15) is 4.98 Å². The highest BCUT2D eigenvalue weighted by molar-refractivity contribution is 6.30. The first-order valence-corrected chi connectivity index (χ1v) is 7.44. The monoisotopic (exact) mass is 329 g/mol. The predicted molar refractivity (Wildman–Crippen MR) is 83.3 cm³/mol. The molecule has 0 bridgehead atoms. The highest BCUT2D eigenvalue weighted by Gasteiger charge is 2.21. The summed E-state index contributed by atoms with van der Waals surface area (Å²) in [6.07, 6.45) is 4.78. The van der Waals surface area contributed by atoms with Crippen LogP contribution in [0.2, 0.25) is 5.02 Å². The van der Waals surface area contributed by atoms with Gasteiger partial charge in [0.05, 0.1) is 25.0 Å². The van der Waals surface area contributed by atoms with Gasteiger partial charge in [-0.3, -0.25) is 4.98 Å². The van der Waals surface area contributed by atoms with Crippen LogP contribution in [0.25, 0.3) is 11.5 Å². The lowest BCUT2D eigenvalue weighted by molar-refractivity contribution is 0.300. The van der Waals surface area contributed by atoms with Crippen molar-refractivity contribution in [2.45, 2.75) is 6.54 Å². The lowest BCUT2D eigenvalue weighted by Crippen LogP contribution is -2.32. The Balaban J connectivity index is 1.58. The third kappa shape index (κ3) is 2.83. The summed E-state index contributed by atoms with van der Waals surface area (Å²) in [6.45, 7) is 1.79. The van der Waals surface area contributed by atoms with Gasteiger partial charge in [-0.15, -0.1) is 0 Å². The number of ether oxygens (including phenoxy) is 1. The van der Waals surface area contributed by atoms with Gasteiger partial charge in [0.1, 0.15) is 18.1 Å². The van der Waals surface area contributed by atoms with E-state index in [1.54, 1.807) is 18.6 Å². The van der Waals surface area contributed by atoms with Gasteiger partial charge in [0, 0.05) is 17.4 Å². The fourth-order valence-corrected chi connectivity index (χ4v) is 2.58. The van der Waals surface area contributed by atoms with E-state index in [2.05, 4.69) is 25.0 Å². The van der Waals surface area contributed by atoms with Crippen molar-refractivity contribution in [1.82, 2.24) is 20.1 Å². The quantitative estimate of drug-likeness (QED) is 0.730. The van der Waals surface area contributed by atoms with Crippen molar-refractivity contribution in [1.29, 1.82) is 0 Å². The molecule has 3 aromatic rings. The maximum Gasteiger partial charge on any atom is 0.246 e. The number of halogens is 1. The largest absolute Gasteiger partial charge is 0.490 e. The SMILES string of the molecule is Clc1ccc2c(c1)N(Cc1nc(-c3cnccn3)no1)CCO2. The molecule has 0 spiro atoms. The molecule has 116 valence electrons. The van der Waals surface area contributed by atoms with Gasteiger partial charge in [0.25, 0.3) is 0 Å². The van der Waals surface area contributed by atoms with E-state index in [4.69, 9.17) is 20.9 Å². The molecule has 0 unspecified atom stereocenters. The lowest BCUT2D eigenvalue weighted by atomic mass is 10.2. The van der Waals surface area contributed by atoms with E-state index >= 15 is 0 Å². The molecule has 0 amide bonds. The van der Waals surface area contributed by atoms with Crippen LogP contribution >= 0.6 is 11.6 Å². The summed E-state index contributed by atoms with van der Waals surface area (Å²) in [6, 6.07) is 5.54. The van der Waals surface area contributed by atoms with Crippen LogP contribution in [0.15, 0.2) is 41.3 Å². The maximum absolute atomic E-state index is 6.08. The Morgan fingerprint density at radius 1 is 1.26 bits per heavy atom. The van der Waals surface area contributed by atoms with Crippen molar-refractivity contribution in [3.63, 3.8) is 0 Å². The Morgan fingerprint density at radius 3 is 3.09 bits per heavy atom. The van der Waals surface area contributed by atoms with Gasteiger partial charge >= 0.3 is 0 Å². The zero-order valence-corrected chi connectivity index (χ0v) is 12.8. The first-order valence-electron chi connectivity index (χ1n) is 7.06. The highest BCUT2D eigenvalue weighted by atomic mass is 35.5. The number of aromatic nitrogens is 4. The molecule has 0 saturated heterocycles. The Hall–Kier alpha value is -2.67. The van der Waals surface area contributed by atoms with E-state index in [9.17, 15) is 0 Å². The molecule has 0 atom stereocenters. The minimum Gasteiger partial charge on any atom is -0.490 e. The first kappa shape index (κ1) is 14.0. The van der Waals surface area contributed by atoms with Crippen LogP contribution in [0.1, 0.15) is 5.89 Å². The van der Waals surface area contributed by atoms with Gasteiger partial charge in [-0.25, -0.2) is 4.98 Å². The second-order valence-electron chi connectivity index (χ2n) is 4.98. The standard InChI is InChI=1S/C15H12ClN5O2/c16-10-1-2-13-12(7-10)21(5-6-22-13)9-14-19-15(20-23-14)11-8-17-3-4-18-11/h1-4,7-8H,5-6,9H2. The smallest absolute Gasteiger partial charge is 0.246 e. The second-order valence-corrected chi connectivity index (χ2v) is 5.42. The van der Waals surface area contributed by atoms with E-state index in [1.807, 2.05) is 18.2 Å². The number of nitrogens with zero attached hydrogens (tertiary/aromatic N) is 5. The molecule has 4 rings (SSSR count). The average Bonchev–Trinajstić information content (AvgIpc) is 3.05. The van der Waals surface area contributed by atoms with Crippen LogP contribution in [0.3, 0.4) is 0 Å². The fourth-order valence-electron chi connectivity index (χ4n) is 2.41. The van der Waals surface area contributed by atoms with Crippen molar-refractivity contribution in [2.75, 3.05) is 18.1 Å². The van der Waals surface area contributed by atoms with Crippen molar-refractivity contribution in [3.05, 3.63) is 47.7 Å². The number of benzene rings is 1. The van der Waals surface area contributed by atoms with Crippen molar-refractivity contribution in [3.8, 4) is 17.3 Å². The third-order valence-electron chi connectivity index (χ3n) is 3.47. The molecule has 0 saturated carbocycles. The Labute approximate surface area is 136 Å². The number of anilines is 1.